The second-order valence-corrected chi connectivity index (χ2v) is 6.80. The molecule has 1 aliphatic rings. The number of nitrogens with one attached hydrogen (secondary N) is 3. The van der Waals surface area contributed by atoms with Gasteiger partial charge in [0.15, 0.2) is 0 Å². The van der Waals surface area contributed by atoms with Gasteiger partial charge in [0.1, 0.15) is 17.3 Å². The fourth-order valence-corrected chi connectivity index (χ4v) is 3.36. The van der Waals surface area contributed by atoms with Crippen LogP contribution in [0.3, 0.4) is 0 Å². The van der Waals surface area contributed by atoms with E-state index < -0.39 is 0 Å². The number of rotatable bonds is 3. The summed E-state index contributed by atoms with van der Waals surface area (Å²) >= 11 is 0. The van der Waals surface area contributed by atoms with Crippen molar-refractivity contribution in [2.75, 3.05) is 43.4 Å². The van der Waals surface area contributed by atoms with E-state index in [1.807, 2.05) is 17.0 Å². The van der Waals surface area contributed by atoms with Crippen molar-refractivity contribution in [2.45, 2.75) is 0 Å². The van der Waals surface area contributed by atoms with Gasteiger partial charge in [-0.1, -0.05) is 0 Å². The van der Waals surface area contributed by atoms with Crippen LogP contribution in [0.5, 0.6) is 0 Å². The number of H-pyrrole nitrogens is 1. The summed E-state index contributed by atoms with van der Waals surface area (Å²) in [6.07, 6.45) is 1.20. The molecule has 1 aromatic carbocycles. The first kappa shape index (κ1) is 18.7. The Balaban J connectivity index is 1.38. The first-order valence-corrected chi connectivity index (χ1v) is 9.31. The number of pyridine rings is 1. The zero-order chi connectivity index (χ0) is 20.4. The lowest BCUT2D eigenvalue weighted by Gasteiger charge is -2.35. The first-order chi connectivity index (χ1) is 14.0. The molecule has 1 aliphatic heterocycles. The number of benzene rings is 1. The second-order valence-electron chi connectivity index (χ2n) is 6.80. The molecule has 3 aromatic rings. The van der Waals surface area contributed by atoms with E-state index in [0.717, 1.165) is 10.9 Å². The third-order valence-corrected chi connectivity index (χ3v) is 4.95. The topological polar surface area (TPSA) is 93.4 Å². The van der Waals surface area contributed by atoms with Crippen molar-refractivity contribution >= 4 is 34.3 Å². The number of aromatic nitrogens is 2. The molecular weight excluding hydrogens is 375 g/mol. The lowest BCUT2D eigenvalue weighted by atomic mass is 10.2. The van der Waals surface area contributed by atoms with Crippen LogP contribution in [-0.2, 0) is 0 Å². The van der Waals surface area contributed by atoms with Gasteiger partial charge in [0.2, 0.25) is 0 Å². The maximum Gasteiger partial charge on any atom is 0.321 e. The molecule has 29 heavy (non-hydrogen) atoms. The van der Waals surface area contributed by atoms with Crippen molar-refractivity contribution in [2.24, 2.45) is 0 Å². The highest BCUT2D eigenvalue weighted by Gasteiger charge is 2.22. The number of halogens is 1. The van der Waals surface area contributed by atoms with E-state index in [-0.39, 0.29) is 17.8 Å². The van der Waals surface area contributed by atoms with E-state index >= 15 is 0 Å². The average molecular weight is 396 g/mol. The number of amides is 3. The second kappa shape index (κ2) is 7.78. The lowest BCUT2D eigenvalue weighted by Crippen LogP contribution is -2.50. The summed E-state index contributed by atoms with van der Waals surface area (Å²) in [5.41, 5.74) is 1.95. The quantitative estimate of drug-likeness (QED) is 0.634. The van der Waals surface area contributed by atoms with Crippen LogP contribution in [0, 0.1) is 5.82 Å². The number of hydrogen-bond acceptors (Lipinski definition) is 4. The van der Waals surface area contributed by atoms with Crippen molar-refractivity contribution in [3.05, 3.63) is 54.1 Å². The molecule has 0 aliphatic carbocycles. The van der Waals surface area contributed by atoms with Crippen LogP contribution >= 0.6 is 0 Å². The van der Waals surface area contributed by atoms with Gasteiger partial charge in [-0.25, -0.2) is 14.2 Å². The van der Waals surface area contributed by atoms with Crippen LogP contribution in [0.4, 0.5) is 20.7 Å². The van der Waals surface area contributed by atoms with Gasteiger partial charge in [-0.05, 0) is 36.4 Å². The maximum atomic E-state index is 13.0. The minimum atomic E-state index is -0.367. The summed E-state index contributed by atoms with van der Waals surface area (Å²) in [7, 11) is 1.57. The maximum absolute atomic E-state index is 13.0. The van der Waals surface area contributed by atoms with Crippen LogP contribution in [0.1, 0.15) is 10.5 Å². The van der Waals surface area contributed by atoms with E-state index in [2.05, 4.69) is 20.6 Å². The molecule has 1 saturated heterocycles. The number of nitrogens with zero attached hydrogens (tertiary/aromatic N) is 3. The minimum Gasteiger partial charge on any atom is -0.354 e. The SMILES string of the molecule is CNC(=O)c1cc2cc(NC(=O)N3CCN(c4ccc(F)cn4)CC3)ccc2[nH]1. The Bertz CT molecular complexity index is 1040. The van der Waals surface area contributed by atoms with E-state index in [1.54, 1.807) is 30.1 Å². The Hall–Kier alpha value is -3.62. The van der Waals surface area contributed by atoms with Gasteiger partial charge in [0.25, 0.3) is 5.91 Å². The molecule has 0 unspecified atom stereocenters. The molecular formula is C20H21FN6O2. The van der Waals surface area contributed by atoms with Crippen LogP contribution < -0.4 is 15.5 Å². The number of fused-ring (bicyclic) bond motifs is 1. The molecule has 2 aromatic heterocycles. The van der Waals surface area contributed by atoms with Crippen molar-refractivity contribution in [3.8, 4) is 0 Å². The van der Waals surface area contributed by atoms with Crippen molar-refractivity contribution < 1.29 is 14.0 Å². The zero-order valence-corrected chi connectivity index (χ0v) is 15.9. The predicted molar refractivity (Wildman–Crippen MR) is 109 cm³/mol. The number of anilines is 2. The number of carbonyl (C=O) groups excluding carboxylic acids is 2. The summed E-state index contributed by atoms with van der Waals surface area (Å²) in [5.74, 6) is 0.144. The Morgan fingerprint density at radius 1 is 1.10 bits per heavy atom. The number of piperazine rings is 1. The fraction of sp³-hybridized carbons (Fsp3) is 0.250. The van der Waals surface area contributed by atoms with Crippen molar-refractivity contribution in [1.82, 2.24) is 20.2 Å². The molecule has 3 amide bonds. The Morgan fingerprint density at radius 2 is 1.90 bits per heavy atom. The third-order valence-electron chi connectivity index (χ3n) is 4.95. The monoisotopic (exact) mass is 396 g/mol. The Kier molecular flexibility index (Phi) is 5.03. The fourth-order valence-electron chi connectivity index (χ4n) is 3.36. The van der Waals surface area contributed by atoms with Gasteiger partial charge < -0.3 is 25.4 Å². The van der Waals surface area contributed by atoms with Gasteiger partial charge in [-0.2, -0.15) is 0 Å². The predicted octanol–water partition coefficient (Wildman–Crippen LogP) is 2.42. The van der Waals surface area contributed by atoms with Gasteiger partial charge in [0, 0.05) is 49.8 Å². The molecule has 4 rings (SSSR count). The first-order valence-electron chi connectivity index (χ1n) is 9.31. The summed E-state index contributed by atoms with van der Waals surface area (Å²) in [6, 6.07) is 10.0. The van der Waals surface area contributed by atoms with E-state index in [1.165, 1.54) is 12.3 Å². The van der Waals surface area contributed by atoms with Crippen molar-refractivity contribution in [3.63, 3.8) is 0 Å². The van der Waals surface area contributed by atoms with Crippen molar-refractivity contribution in [1.29, 1.82) is 0 Å². The Labute approximate surface area is 166 Å². The molecule has 0 atom stereocenters. The van der Waals surface area contributed by atoms with Gasteiger partial charge >= 0.3 is 6.03 Å². The molecule has 3 heterocycles. The standard InChI is InChI=1S/C20H21FN6O2/c1-22-19(28)17-11-13-10-15(3-4-16(13)25-17)24-20(29)27-8-6-26(7-9-27)18-5-2-14(21)12-23-18/h2-5,10-12,25H,6-9H2,1H3,(H,22,28)(H,24,29). The summed E-state index contributed by atoms with van der Waals surface area (Å²) in [5, 5.41) is 6.32. The highest BCUT2D eigenvalue weighted by molar-refractivity contribution is 5.99. The van der Waals surface area contributed by atoms with Crippen LogP contribution in [-0.4, -0.2) is 60.0 Å². The van der Waals surface area contributed by atoms with Gasteiger partial charge in [0.05, 0.1) is 6.20 Å². The number of urea groups is 1. The number of hydrogen-bond donors (Lipinski definition) is 3. The molecule has 3 N–H and O–H groups in total. The van der Waals surface area contributed by atoms with E-state index in [4.69, 9.17) is 0 Å². The number of aromatic amines is 1. The molecule has 0 radical (unpaired) electrons. The van der Waals surface area contributed by atoms with Gasteiger partial charge in [-0.15, -0.1) is 0 Å². The number of carbonyl (C=O) groups is 2. The van der Waals surface area contributed by atoms with Crippen LogP contribution in [0.2, 0.25) is 0 Å². The molecule has 9 heteroatoms. The Morgan fingerprint density at radius 3 is 2.59 bits per heavy atom. The summed E-state index contributed by atoms with van der Waals surface area (Å²) in [4.78, 5) is 35.3. The largest absolute Gasteiger partial charge is 0.354 e. The highest BCUT2D eigenvalue weighted by atomic mass is 19.1. The van der Waals surface area contributed by atoms with E-state index in [9.17, 15) is 14.0 Å². The molecule has 8 nitrogen and oxygen atoms in total. The summed E-state index contributed by atoms with van der Waals surface area (Å²) < 4.78 is 13.0. The molecule has 0 bridgehead atoms. The van der Waals surface area contributed by atoms with Gasteiger partial charge in [-0.3, -0.25) is 4.79 Å². The molecule has 1 fully saturated rings. The molecule has 150 valence electrons. The zero-order valence-electron chi connectivity index (χ0n) is 15.9. The smallest absolute Gasteiger partial charge is 0.321 e. The highest BCUT2D eigenvalue weighted by Crippen LogP contribution is 2.21. The third kappa shape index (κ3) is 3.98. The lowest BCUT2D eigenvalue weighted by molar-refractivity contribution is 0.0959. The average Bonchev–Trinajstić information content (AvgIpc) is 3.17. The minimum absolute atomic E-state index is 0.182. The van der Waals surface area contributed by atoms with Crippen LogP contribution in [0.25, 0.3) is 10.9 Å². The van der Waals surface area contributed by atoms with Crippen LogP contribution in [0.15, 0.2) is 42.6 Å². The van der Waals surface area contributed by atoms with E-state index in [0.29, 0.717) is 43.4 Å². The molecule has 0 saturated carbocycles. The summed E-state index contributed by atoms with van der Waals surface area (Å²) in [6.45, 7) is 2.33. The normalized spacial score (nSPS) is 14.1. The molecule has 0 spiro atoms.